The first-order valence-corrected chi connectivity index (χ1v) is 9.34. The van der Waals surface area contributed by atoms with E-state index in [1.165, 1.54) is 11.7 Å². The molecule has 2 aromatic carbocycles. The van der Waals surface area contributed by atoms with Crippen LogP contribution in [0.3, 0.4) is 0 Å². The highest BCUT2D eigenvalue weighted by molar-refractivity contribution is 6.00. The van der Waals surface area contributed by atoms with Gasteiger partial charge in [0.15, 0.2) is 0 Å². The van der Waals surface area contributed by atoms with Crippen LogP contribution >= 0.6 is 0 Å². The van der Waals surface area contributed by atoms with Gasteiger partial charge in [-0.3, -0.25) is 0 Å². The molecule has 0 amide bonds. The van der Waals surface area contributed by atoms with Gasteiger partial charge in [-0.2, -0.15) is 0 Å². The summed E-state index contributed by atoms with van der Waals surface area (Å²) in [5.74, 6) is 0.756. The molecule has 7 heteroatoms. The fourth-order valence-electron chi connectivity index (χ4n) is 3.17. The first kappa shape index (κ1) is 21.0. The molecule has 156 valence electrons. The molecule has 3 aromatic rings. The summed E-state index contributed by atoms with van der Waals surface area (Å²) in [7, 11) is 4.43. The fraction of sp³-hybridized carbons (Fsp3) is 0.217. The standard InChI is InChI=1S/C23H23NO6/c1-5-30-22(25)20-14-19(15-6-10-17(27-2)11-7-15)21(24(20)23(26)29-4)16-8-12-18(28-3)13-9-16/h6-14H,5H2,1-4H3. The van der Waals surface area contributed by atoms with Crippen LogP contribution in [0.25, 0.3) is 22.4 Å². The van der Waals surface area contributed by atoms with Gasteiger partial charge in [-0.25, -0.2) is 14.2 Å². The molecule has 1 aromatic heterocycles. The second-order valence-electron chi connectivity index (χ2n) is 6.27. The summed E-state index contributed by atoms with van der Waals surface area (Å²) in [6, 6.07) is 16.2. The Bertz CT molecular complexity index is 1030. The number of aromatic nitrogens is 1. The van der Waals surface area contributed by atoms with Crippen LogP contribution in [-0.4, -0.2) is 44.6 Å². The number of benzene rings is 2. The van der Waals surface area contributed by atoms with Crippen molar-refractivity contribution in [1.82, 2.24) is 4.57 Å². The van der Waals surface area contributed by atoms with Crippen molar-refractivity contribution in [3.8, 4) is 33.9 Å². The predicted molar refractivity (Wildman–Crippen MR) is 112 cm³/mol. The van der Waals surface area contributed by atoms with E-state index in [2.05, 4.69) is 0 Å². The molecule has 7 nitrogen and oxygen atoms in total. The van der Waals surface area contributed by atoms with Crippen LogP contribution in [0.1, 0.15) is 17.4 Å². The second-order valence-corrected chi connectivity index (χ2v) is 6.27. The van der Waals surface area contributed by atoms with E-state index in [0.717, 1.165) is 5.56 Å². The van der Waals surface area contributed by atoms with Gasteiger partial charge in [-0.05, 0) is 60.5 Å². The summed E-state index contributed by atoms with van der Waals surface area (Å²) in [6.07, 6.45) is -0.691. The third-order valence-electron chi connectivity index (χ3n) is 4.61. The molecule has 0 bridgehead atoms. The fourth-order valence-corrected chi connectivity index (χ4v) is 3.17. The van der Waals surface area contributed by atoms with Crippen molar-refractivity contribution >= 4 is 12.1 Å². The van der Waals surface area contributed by atoms with Gasteiger partial charge in [0.05, 0.1) is 33.6 Å². The predicted octanol–water partition coefficient (Wildman–Crippen LogP) is 4.63. The third kappa shape index (κ3) is 4.00. The highest BCUT2D eigenvalue weighted by Crippen LogP contribution is 2.37. The van der Waals surface area contributed by atoms with Crippen LogP contribution in [0.2, 0.25) is 0 Å². The van der Waals surface area contributed by atoms with E-state index < -0.39 is 12.1 Å². The number of nitrogens with zero attached hydrogens (tertiary/aromatic N) is 1. The zero-order chi connectivity index (χ0) is 21.7. The van der Waals surface area contributed by atoms with E-state index in [-0.39, 0.29) is 12.3 Å². The maximum Gasteiger partial charge on any atom is 0.418 e. The van der Waals surface area contributed by atoms with Crippen molar-refractivity contribution in [3.63, 3.8) is 0 Å². The number of rotatable bonds is 6. The van der Waals surface area contributed by atoms with Gasteiger partial charge in [-0.15, -0.1) is 0 Å². The molecular formula is C23H23NO6. The minimum atomic E-state index is -0.691. The largest absolute Gasteiger partial charge is 0.497 e. The molecule has 0 atom stereocenters. The molecule has 0 fully saturated rings. The van der Waals surface area contributed by atoms with Crippen molar-refractivity contribution in [1.29, 1.82) is 0 Å². The second kappa shape index (κ2) is 9.17. The van der Waals surface area contributed by atoms with Gasteiger partial charge in [0.25, 0.3) is 0 Å². The third-order valence-corrected chi connectivity index (χ3v) is 4.61. The quantitative estimate of drug-likeness (QED) is 0.553. The van der Waals surface area contributed by atoms with Crippen molar-refractivity contribution < 1.29 is 28.5 Å². The molecular weight excluding hydrogens is 386 g/mol. The topological polar surface area (TPSA) is 76.0 Å². The van der Waals surface area contributed by atoms with Crippen LogP contribution in [-0.2, 0) is 9.47 Å². The zero-order valence-electron chi connectivity index (χ0n) is 17.3. The molecule has 1 heterocycles. The van der Waals surface area contributed by atoms with Gasteiger partial charge < -0.3 is 18.9 Å². The molecule has 0 N–H and O–H groups in total. The Hall–Kier alpha value is -3.74. The minimum Gasteiger partial charge on any atom is -0.497 e. The molecule has 0 aliphatic heterocycles. The van der Waals surface area contributed by atoms with Crippen molar-refractivity contribution in [3.05, 3.63) is 60.3 Å². The van der Waals surface area contributed by atoms with E-state index in [9.17, 15) is 9.59 Å². The summed E-state index contributed by atoms with van der Waals surface area (Å²) >= 11 is 0. The number of hydrogen-bond acceptors (Lipinski definition) is 6. The molecule has 0 unspecified atom stereocenters. The van der Waals surface area contributed by atoms with Gasteiger partial charge in [0.2, 0.25) is 0 Å². The van der Waals surface area contributed by atoms with Crippen molar-refractivity contribution in [2.45, 2.75) is 6.92 Å². The number of esters is 1. The van der Waals surface area contributed by atoms with E-state index in [4.69, 9.17) is 18.9 Å². The number of carbonyl (C=O) groups excluding carboxylic acids is 2. The van der Waals surface area contributed by atoms with E-state index in [1.807, 2.05) is 36.4 Å². The summed E-state index contributed by atoms with van der Waals surface area (Å²) in [5.41, 5.74) is 2.78. The highest BCUT2D eigenvalue weighted by Gasteiger charge is 2.27. The average molecular weight is 409 g/mol. The Labute approximate surface area is 174 Å². The van der Waals surface area contributed by atoms with E-state index in [0.29, 0.717) is 28.3 Å². The van der Waals surface area contributed by atoms with Gasteiger partial charge in [-0.1, -0.05) is 12.1 Å². The van der Waals surface area contributed by atoms with Gasteiger partial charge in [0.1, 0.15) is 17.2 Å². The maximum absolute atomic E-state index is 12.7. The minimum absolute atomic E-state index is 0.0836. The van der Waals surface area contributed by atoms with Crippen LogP contribution in [0, 0.1) is 0 Å². The Morgan fingerprint density at radius 2 is 1.37 bits per heavy atom. The molecule has 0 aliphatic rings. The summed E-state index contributed by atoms with van der Waals surface area (Å²) < 4.78 is 21.8. The average Bonchev–Trinajstić information content (AvgIpc) is 3.19. The molecule has 0 saturated heterocycles. The van der Waals surface area contributed by atoms with Crippen molar-refractivity contribution in [2.75, 3.05) is 27.9 Å². The molecule has 0 radical (unpaired) electrons. The highest BCUT2D eigenvalue weighted by atomic mass is 16.5. The lowest BCUT2D eigenvalue weighted by Gasteiger charge is -2.13. The summed E-state index contributed by atoms with van der Waals surface area (Å²) in [5, 5.41) is 0. The Balaban J connectivity index is 2.29. The number of ether oxygens (including phenoxy) is 4. The monoisotopic (exact) mass is 409 g/mol. The molecule has 30 heavy (non-hydrogen) atoms. The van der Waals surface area contributed by atoms with Crippen LogP contribution in [0.5, 0.6) is 11.5 Å². The number of methoxy groups -OCH3 is 3. The molecule has 3 rings (SSSR count). The lowest BCUT2D eigenvalue weighted by molar-refractivity contribution is 0.0513. The summed E-state index contributed by atoms with van der Waals surface area (Å²) in [4.78, 5) is 25.3. The lowest BCUT2D eigenvalue weighted by Crippen LogP contribution is -2.20. The van der Waals surface area contributed by atoms with Crippen LogP contribution in [0.4, 0.5) is 4.79 Å². The molecule has 0 saturated carbocycles. The normalized spacial score (nSPS) is 10.4. The van der Waals surface area contributed by atoms with Crippen LogP contribution < -0.4 is 9.47 Å². The van der Waals surface area contributed by atoms with Crippen LogP contribution in [0.15, 0.2) is 54.6 Å². The SMILES string of the molecule is CCOC(=O)c1cc(-c2ccc(OC)cc2)c(-c2ccc(OC)cc2)n1C(=O)OC. The summed E-state index contributed by atoms with van der Waals surface area (Å²) in [6.45, 7) is 1.89. The Morgan fingerprint density at radius 3 is 1.83 bits per heavy atom. The first-order valence-electron chi connectivity index (χ1n) is 9.34. The number of carbonyl (C=O) groups is 2. The molecule has 0 aliphatic carbocycles. The number of hydrogen-bond donors (Lipinski definition) is 0. The smallest absolute Gasteiger partial charge is 0.418 e. The van der Waals surface area contributed by atoms with Crippen molar-refractivity contribution in [2.24, 2.45) is 0 Å². The maximum atomic E-state index is 12.7. The van der Waals surface area contributed by atoms with Gasteiger partial charge >= 0.3 is 12.1 Å². The lowest BCUT2D eigenvalue weighted by atomic mass is 10.0. The van der Waals surface area contributed by atoms with E-state index in [1.54, 1.807) is 39.3 Å². The first-order chi connectivity index (χ1) is 14.5. The molecule has 0 spiro atoms. The van der Waals surface area contributed by atoms with Gasteiger partial charge in [0, 0.05) is 5.56 Å². The Morgan fingerprint density at radius 1 is 0.833 bits per heavy atom. The van der Waals surface area contributed by atoms with E-state index >= 15 is 0 Å². The zero-order valence-corrected chi connectivity index (χ0v) is 17.3. The Kier molecular flexibility index (Phi) is 6.41.